The maximum atomic E-state index is 11.8. The monoisotopic (exact) mass is 291 g/mol. The van der Waals surface area contributed by atoms with E-state index in [9.17, 15) is 9.59 Å². The molecule has 1 heterocycles. The topological polar surface area (TPSA) is 92.2 Å². The largest absolute Gasteiger partial charge is 0.480 e. The van der Waals surface area contributed by atoms with Gasteiger partial charge < -0.3 is 10.4 Å². The van der Waals surface area contributed by atoms with E-state index < -0.39 is 17.9 Å². The molecule has 2 N–H and O–H groups in total. The molecule has 0 fully saturated rings. The zero-order chi connectivity index (χ0) is 13.7. The van der Waals surface area contributed by atoms with Crippen molar-refractivity contribution in [3.05, 3.63) is 21.9 Å². The molecule has 0 aliphatic rings. The number of aliphatic carboxylic acids is 1. The molecule has 0 aromatic carbocycles. The van der Waals surface area contributed by atoms with Crippen molar-refractivity contribution in [2.75, 3.05) is 0 Å². The Morgan fingerprint density at radius 2 is 2.11 bits per heavy atom. The molecule has 0 aliphatic carbocycles. The summed E-state index contributed by atoms with van der Waals surface area (Å²) in [5.41, 5.74) is -0.000908. The van der Waals surface area contributed by atoms with Crippen LogP contribution in [0.25, 0.3) is 0 Å². The molecule has 1 rings (SSSR count). The molecule has 0 saturated heterocycles. The lowest BCUT2D eigenvalue weighted by molar-refractivity contribution is -0.139. The fraction of sp³-hybridized carbons (Fsp3) is 0.400. The van der Waals surface area contributed by atoms with E-state index in [1.165, 1.54) is 6.07 Å². The van der Waals surface area contributed by atoms with E-state index in [-0.39, 0.29) is 15.9 Å². The number of aromatic nitrogens is 2. The summed E-state index contributed by atoms with van der Waals surface area (Å²) in [6.45, 7) is 1.82. The molecule has 1 aromatic rings. The third kappa shape index (κ3) is 3.82. The highest BCUT2D eigenvalue weighted by atomic mass is 35.5. The van der Waals surface area contributed by atoms with Crippen LogP contribution < -0.4 is 5.32 Å². The summed E-state index contributed by atoms with van der Waals surface area (Å²) in [7, 11) is 0. The molecule has 18 heavy (non-hydrogen) atoms. The average molecular weight is 292 g/mol. The van der Waals surface area contributed by atoms with E-state index in [1.54, 1.807) is 0 Å². The first kappa shape index (κ1) is 14.7. The molecule has 0 spiro atoms. The van der Waals surface area contributed by atoms with Crippen LogP contribution in [0.5, 0.6) is 0 Å². The van der Waals surface area contributed by atoms with Gasteiger partial charge in [-0.15, -0.1) is 10.2 Å². The molecule has 0 bridgehead atoms. The van der Waals surface area contributed by atoms with Crippen molar-refractivity contribution < 1.29 is 14.7 Å². The summed E-state index contributed by atoms with van der Waals surface area (Å²) in [6, 6.07) is 0.266. The molecule has 1 aromatic heterocycles. The number of nitrogens with zero attached hydrogens (tertiary/aromatic N) is 2. The van der Waals surface area contributed by atoms with Crippen LogP contribution in [-0.2, 0) is 4.79 Å². The van der Waals surface area contributed by atoms with Gasteiger partial charge >= 0.3 is 5.97 Å². The minimum absolute atomic E-state index is 0.000908. The zero-order valence-electron chi connectivity index (χ0n) is 9.48. The highest BCUT2D eigenvalue weighted by molar-refractivity contribution is 6.34. The second kappa shape index (κ2) is 6.51. The summed E-state index contributed by atoms with van der Waals surface area (Å²) in [6.07, 6.45) is 0.950. The number of rotatable bonds is 5. The lowest BCUT2D eigenvalue weighted by atomic mass is 10.1. The van der Waals surface area contributed by atoms with Crippen LogP contribution in [0.2, 0.25) is 10.3 Å². The molecule has 6 nitrogen and oxygen atoms in total. The van der Waals surface area contributed by atoms with Gasteiger partial charge in [0.2, 0.25) is 0 Å². The van der Waals surface area contributed by atoms with Crippen LogP contribution in [0.3, 0.4) is 0 Å². The molecule has 1 amide bonds. The normalized spacial score (nSPS) is 11.9. The standard InChI is InChI=1S/C10H11Cl2N3O3/c1-2-3-6(10(17)18)13-9(16)5-4-7(11)14-15-8(5)12/h4,6H,2-3H2,1H3,(H,13,16)(H,17,18)/t6-/m1/s1. The van der Waals surface area contributed by atoms with Gasteiger partial charge in [-0.3, -0.25) is 4.79 Å². The van der Waals surface area contributed by atoms with Gasteiger partial charge in [-0.2, -0.15) is 0 Å². The second-order valence-electron chi connectivity index (χ2n) is 3.52. The van der Waals surface area contributed by atoms with Crippen LogP contribution >= 0.6 is 23.2 Å². The lowest BCUT2D eigenvalue weighted by Gasteiger charge is -2.13. The maximum absolute atomic E-state index is 11.8. The van der Waals surface area contributed by atoms with Crippen molar-refractivity contribution >= 4 is 35.1 Å². The van der Waals surface area contributed by atoms with Gasteiger partial charge in [0.1, 0.15) is 6.04 Å². The third-order valence-electron chi connectivity index (χ3n) is 2.14. The number of hydrogen-bond acceptors (Lipinski definition) is 4. The minimum atomic E-state index is -1.10. The first-order valence-electron chi connectivity index (χ1n) is 5.18. The molecular weight excluding hydrogens is 281 g/mol. The van der Waals surface area contributed by atoms with E-state index >= 15 is 0 Å². The van der Waals surface area contributed by atoms with Gasteiger partial charge in [0.15, 0.2) is 10.3 Å². The predicted molar refractivity (Wildman–Crippen MR) is 65.9 cm³/mol. The molecular formula is C10H11Cl2N3O3. The lowest BCUT2D eigenvalue weighted by Crippen LogP contribution is -2.40. The van der Waals surface area contributed by atoms with Crippen molar-refractivity contribution in [3.8, 4) is 0 Å². The smallest absolute Gasteiger partial charge is 0.326 e. The maximum Gasteiger partial charge on any atom is 0.326 e. The Labute approximate surface area is 113 Å². The van der Waals surface area contributed by atoms with Crippen molar-refractivity contribution in [2.24, 2.45) is 0 Å². The van der Waals surface area contributed by atoms with E-state index in [0.717, 1.165) is 0 Å². The number of halogens is 2. The van der Waals surface area contributed by atoms with Crippen LogP contribution in [0, 0.1) is 0 Å². The van der Waals surface area contributed by atoms with Crippen molar-refractivity contribution in [1.82, 2.24) is 15.5 Å². The first-order valence-corrected chi connectivity index (χ1v) is 5.93. The van der Waals surface area contributed by atoms with Crippen LogP contribution in [-0.4, -0.2) is 33.2 Å². The quantitative estimate of drug-likeness (QED) is 0.862. The Morgan fingerprint density at radius 3 is 2.67 bits per heavy atom. The van der Waals surface area contributed by atoms with Gasteiger partial charge in [-0.05, 0) is 12.5 Å². The predicted octanol–water partition coefficient (Wildman–Crippen LogP) is 1.77. The van der Waals surface area contributed by atoms with Crippen molar-refractivity contribution in [1.29, 1.82) is 0 Å². The molecule has 1 atom stereocenters. The Bertz CT molecular complexity index is 468. The summed E-state index contributed by atoms with van der Waals surface area (Å²) in [5.74, 6) is -1.74. The number of nitrogens with one attached hydrogen (secondary N) is 1. The Morgan fingerprint density at radius 1 is 1.44 bits per heavy atom. The Hall–Kier alpha value is -1.40. The van der Waals surface area contributed by atoms with E-state index in [4.69, 9.17) is 28.3 Å². The van der Waals surface area contributed by atoms with Crippen LogP contribution in [0.15, 0.2) is 6.07 Å². The third-order valence-corrected chi connectivity index (χ3v) is 2.61. The van der Waals surface area contributed by atoms with Gasteiger partial charge in [0.05, 0.1) is 5.56 Å². The summed E-state index contributed by atoms with van der Waals surface area (Å²) in [5, 5.41) is 18.1. The van der Waals surface area contributed by atoms with E-state index in [0.29, 0.717) is 12.8 Å². The number of carboxylic acid groups (broad SMARTS) is 1. The molecule has 0 radical (unpaired) electrons. The summed E-state index contributed by atoms with van der Waals surface area (Å²) >= 11 is 11.3. The molecule has 0 aliphatic heterocycles. The molecule has 8 heteroatoms. The summed E-state index contributed by atoms with van der Waals surface area (Å²) in [4.78, 5) is 22.7. The van der Waals surface area contributed by atoms with Gasteiger partial charge in [-0.1, -0.05) is 36.5 Å². The average Bonchev–Trinajstić information content (AvgIpc) is 2.31. The SMILES string of the molecule is CCC[C@@H](NC(=O)c1cc(Cl)nnc1Cl)C(=O)O. The fourth-order valence-electron chi connectivity index (χ4n) is 1.29. The molecule has 98 valence electrons. The molecule has 0 unspecified atom stereocenters. The number of carboxylic acids is 1. The van der Waals surface area contributed by atoms with E-state index in [2.05, 4.69) is 15.5 Å². The summed E-state index contributed by atoms with van der Waals surface area (Å²) < 4.78 is 0. The van der Waals surface area contributed by atoms with Gasteiger partial charge in [0, 0.05) is 0 Å². The van der Waals surface area contributed by atoms with Crippen LogP contribution in [0.1, 0.15) is 30.1 Å². The number of hydrogen-bond donors (Lipinski definition) is 2. The fourth-order valence-corrected chi connectivity index (χ4v) is 1.62. The number of carbonyl (C=O) groups is 2. The van der Waals surface area contributed by atoms with Gasteiger partial charge in [-0.25, -0.2) is 4.79 Å². The highest BCUT2D eigenvalue weighted by Gasteiger charge is 2.21. The van der Waals surface area contributed by atoms with E-state index in [1.807, 2.05) is 6.92 Å². The zero-order valence-corrected chi connectivity index (χ0v) is 11.0. The van der Waals surface area contributed by atoms with Crippen molar-refractivity contribution in [3.63, 3.8) is 0 Å². The second-order valence-corrected chi connectivity index (χ2v) is 4.27. The Kier molecular flexibility index (Phi) is 5.30. The minimum Gasteiger partial charge on any atom is -0.480 e. The van der Waals surface area contributed by atoms with Gasteiger partial charge in [0.25, 0.3) is 5.91 Å². The first-order chi connectivity index (χ1) is 8.45. The van der Waals surface area contributed by atoms with Crippen molar-refractivity contribution in [2.45, 2.75) is 25.8 Å². The highest BCUT2D eigenvalue weighted by Crippen LogP contribution is 2.15. The number of amides is 1. The van der Waals surface area contributed by atoms with Crippen LogP contribution in [0.4, 0.5) is 0 Å². The Balaban J connectivity index is 2.86. The number of carbonyl (C=O) groups excluding carboxylic acids is 1. The molecule has 0 saturated carbocycles.